The van der Waals surface area contributed by atoms with Gasteiger partial charge in [0, 0.05) is 0 Å². The first-order valence-electron chi connectivity index (χ1n) is 7.55. The summed E-state index contributed by atoms with van der Waals surface area (Å²) < 4.78 is 5.66. The molecule has 0 fully saturated rings. The van der Waals surface area contributed by atoms with Gasteiger partial charge >= 0.3 is 0 Å². The second kappa shape index (κ2) is 7.98. The Balaban J connectivity index is 2.20. The summed E-state index contributed by atoms with van der Waals surface area (Å²) in [5.41, 5.74) is 6.40. The van der Waals surface area contributed by atoms with Crippen molar-refractivity contribution in [3.05, 3.63) is 59.7 Å². The predicted octanol–water partition coefficient (Wildman–Crippen LogP) is 3.22. The molecular formula is C18H20N2O3. The molecule has 0 aliphatic carbocycles. The lowest BCUT2D eigenvalue weighted by Gasteiger charge is -2.12. The van der Waals surface area contributed by atoms with Gasteiger partial charge in [-0.25, -0.2) is 0 Å². The molecule has 0 spiro atoms. The van der Waals surface area contributed by atoms with E-state index in [1.807, 2.05) is 6.07 Å². The van der Waals surface area contributed by atoms with E-state index < -0.39 is 5.91 Å². The van der Waals surface area contributed by atoms with Gasteiger partial charge < -0.3 is 15.8 Å². The Morgan fingerprint density at radius 3 is 2.39 bits per heavy atom. The van der Waals surface area contributed by atoms with Crippen molar-refractivity contribution in [3.63, 3.8) is 0 Å². The Hall–Kier alpha value is -2.82. The van der Waals surface area contributed by atoms with Gasteiger partial charge in [-0.15, -0.1) is 0 Å². The molecule has 0 aromatic heterocycles. The maximum absolute atomic E-state index is 12.5. The van der Waals surface area contributed by atoms with Gasteiger partial charge in [0.15, 0.2) is 0 Å². The second-order valence-corrected chi connectivity index (χ2v) is 5.06. The van der Waals surface area contributed by atoms with E-state index in [2.05, 4.69) is 12.2 Å². The van der Waals surface area contributed by atoms with Crippen LogP contribution < -0.4 is 15.8 Å². The molecule has 3 N–H and O–H groups in total. The van der Waals surface area contributed by atoms with Crippen molar-refractivity contribution < 1.29 is 14.3 Å². The lowest BCUT2D eigenvalue weighted by atomic mass is 10.1. The Bertz CT molecular complexity index is 698. The highest BCUT2D eigenvalue weighted by Crippen LogP contribution is 2.21. The van der Waals surface area contributed by atoms with Gasteiger partial charge in [-0.3, -0.25) is 9.59 Å². The first kappa shape index (κ1) is 16.5. The van der Waals surface area contributed by atoms with Crippen molar-refractivity contribution in [1.82, 2.24) is 0 Å². The minimum atomic E-state index is -0.589. The Kier molecular flexibility index (Phi) is 5.74. The van der Waals surface area contributed by atoms with Crippen LogP contribution in [0.2, 0.25) is 0 Å². The van der Waals surface area contributed by atoms with Crippen LogP contribution in [-0.2, 0) is 0 Å². The number of nitrogens with two attached hydrogens (primary N) is 1. The molecule has 0 unspecified atom stereocenters. The van der Waals surface area contributed by atoms with Crippen LogP contribution in [0.1, 0.15) is 40.5 Å². The first-order valence-corrected chi connectivity index (χ1v) is 7.55. The van der Waals surface area contributed by atoms with E-state index in [1.165, 1.54) is 0 Å². The fourth-order valence-corrected chi connectivity index (χ4v) is 2.10. The lowest BCUT2D eigenvalue weighted by Crippen LogP contribution is -2.18. The number of nitrogens with one attached hydrogen (secondary N) is 1. The molecule has 2 rings (SSSR count). The zero-order valence-corrected chi connectivity index (χ0v) is 13.0. The van der Waals surface area contributed by atoms with E-state index in [1.54, 1.807) is 42.5 Å². The number of carbonyl (C=O) groups excluding carboxylic acids is 2. The van der Waals surface area contributed by atoms with E-state index >= 15 is 0 Å². The van der Waals surface area contributed by atoms with E-state index in [-0.39, 0.29) is 11.5 Å². The van der Waals surface area contributed by atoms with Crippen LogP contribution in [0.5, 0.6) is 5.75 Å². The quantitative estimate of drug-likeness (QED) is 0.770. The molecule has 0 radical (unpaired) electrons. The molecule has 120 valence electrons. The maximum Gasteiger partial charge on any atom is 0.259 e. The lowest BCUT2D eigenvalue weighted by molar-refractivity contribution is 0.100. The molecule has 0 aliphatic rings. The zero-order valence-electron chi connectivity index (χ0n) is 13.0. The number of hydrogen-bond donors (Lipinski definition) is 2. The monoisotopic (exact) mass is 312 g/mol. The number of benzene rings is 2. The molecule has 2 aromatic carbocycles. The summed E-state index contributed by atoms with van der Waals surface area (Å²) in [6, 6.07) is 13.6. The molecule has 0 saturated carbocycles. The third-order valence-electron chi connectivity index (χ3n) is 3.33. The van der Waals surface area contributed by atoms with E-state index in [0.717, 1.165) is 12.8 Å². The molecular weight excluding hydrogens is 292 g/mol. The van der Waals surface area contributed by atoms with Gasteiger partial charge in [0.1, 0.15) is 5.75 Å². The third kappa shape index (κ3) is 4.32. The minimum Gasteiger partial charge on any atom is -0.493 e. The fraction of sp³-hybridized carbons (Fsp3) is 0.222. The summed E-state index contributed by atoms with van der Waals surface area (Å²) in [6.07, 6.45) is 1.93. The number of unbranched alkanes of at least 4 members (excludes halogenated alkanes) is 1. The molecule has 2 aromatic rings. The largest absolute Gasteiger partial charge is 0.493 e. The van der Waals surface area contributed by atoms with E-state index in [0.29, 0.717) is 23.6 Å². The summed E-state index contributed by atoms with van der Waals surface area (Å²) in [4.78, 5) is 23.9. The second-order valence-electron chi connectivity index (χ2n) is 5.06. The van der Waals surface area contributed by atoms with Crippen LogP contribution in [0.4, 0.5) is 5.69 Å². The van der Waals surface area contributed by atoms with Crippen molar-refractivity contribution in [2.45, 2.75) is 19.8 Å². The highest BCUT2D eigenvalue weighted by Gasteiger charge is 2.15. The van der Waals surface area contributed by atoms with Crippen molar-refractivity contribution >= 4 is 17.5 Å². The van der Waals surface area contributed by atoms with Gasteiger partial charge in [-0.2, -0.15) is 0 Å². The minimum absolute atomic E-state index is 0.269. The van der Waals surface area contributed by atoms with Crippen LogP contribution in [0.3, 0.4) is 0 Å². The van der Waals surface area contributed by atoms with Crippen molar-refractivity contribution in [1.29, 1.82) is 0 Å². The number of primary amides is 1. The standard InChI is InChI=1S/C18H20N2O3/c1-2-3-12-23-16-11-7-5-9-14(16)18(22)20-15-10-6-4-8-13(15)17(19)21/h4-11H,2-3,12H2,1H3,(H2,19,21)(H,20,22). The molecule has 0 heterocycles. The number of para-hydroxylation sites is 2. The van der Waals surface area contributed by atoms with E-state index in [4.69, 9.17) is 10.5 Å². The summed E-state index contributed by atoms with van der Waals surface area (Å²) >= 11 is 0. The Labute approximate surface area is 135 Å². The number of hydrogen-bond acceptors (Lipinski definition) is 3. The molecule has 0 atom stereocenters. The molecule has 0 saturated heterocycles. The van der Waals surface area contributed by atoms with Gasteiger partial charge in [-0.1, -0.05) is 37.6 Å². The fourth-order valence-electron chi connectivity index (χ4n) is 2.10. The normalized spacial score (nSPS) is 10.1. The highest BCUT2D eigenvalue weighted by atomic mass is 16.5. The van der Waals surface area contributed by atoms with Crippen LogP contribution in [-0.4, -0.2) is 18.4 Å². The average Bonchev–Trinajstić information content (AvgIpc) is 2.56. The zero-order chi connectivity index (χ0) is 16.7. The van der Waals surface area contributed by atoms with Crippen molar-refractivity contribution in [2.24, 2.45) is 5.73 Å². The molecule has 5 heteroatoms. The third-order valence-corrected chi connectivity index (χ3v) is 3.33. The molecule has 23 heavy (non-hydrogen) atoms. The van der Waals surface area contributed by atoms with Crippen molar-refractivity contribution in [2.75, 3.05) is 11.9 Å². The van der Waals surface area contributed by atoms with Gasteiger partial charge in [0.2, 0.25) is 0 Å². The predicted molar refractivity (Wildman–Crippen MR) is 89.8 cm³/mol. The molecule has 2 amide bonds. The van der Waals surface area contributed by atoms with E-state index in [9.17, 15) is 9.59 Å². The number of ether oxygens (including phenoxy) is 1. The van der Waals surface area contributed by atoms with Gasteiger partial charge in [-0.05, 0) is 30.7 Å². The van der Waals surface area contributed by atoms with Crippen LogP contribution in [0, 0.1) is 0 Å². The number of amides is 2. The summed E-state index contributed by atoms with van der Waals surface area (Å²) in [6.45, 7) is 2.63. The van der Waals surface area contributed by atoms with Gasteiger partial charge in [0.25, 0.3) is 11.8 Å². The average molecular weight is 312 g/mol. The summed E-state index contributed by atoms with van der Waals surface area (Å²) in [7, 11) is 0. The SMILES string of the molecule is CCCCOc1ccccc1C(=O)Nc1ccccc1C(N)=O. The first-order chi connectivity index (χ1) is 11.1. The van der Waals surface area contributed by atoms with Crippen molar-refractivity contribution in [3.8, 4) is 5.75 Å². The molecule has 0 aliphatic heterocycles. The number of rotatable bonds is 7. The maximum atomic E-state index is 12.5. The van der Waals surface area contributed by atoms with Crippen LogP contribution >= 0.6 is 0 Å². The summed E-state index contributed by atoms with van der Waals surface area (Å²) in [5.74, 6) is -0.408. The Morgan fingerprint density at radius 1 is 1.04 bits per heavy atom. The molecule has 5 nitrogen and oxygen atoms in total. The van der Waals surface area contributed by atoms with Gasteiger partial charge in [0.05, 0.1) is 23.4 Å². The topological polar surface area (TPSA) is 81.4 Å². The number of carbonyl (C=O) groups is 2. The Morgan fingerprint density at radius 2 is 1.70 bits per heavy atom. The van der Waals surface area contributed by atoms with Crippen LogP contribution in [0.25, 0.3) is 0 Å². The smallest absolute Gasteiger partial charge is 0.259 e. The molecule has 0 bridgehead atoms. The highest BCUT2D eigenvalue weighted by molar-refractivity contribution is 6.09. The number of anilines is 1. The van der Waals surface area contributed by atoms with Crippen LogP contribution in [0.15, 0.2) is 48.5 Å². The summed E-state index contributed by atoms with van der Waals surface area (Å²) in [5, 5.41) is 2.72.